The molecule has 0 aliphatic rings. The van der Waals surface area contributed by atoms with Crippen LogP contribution < -0.4 is 9.47 Å². The minimum Gasteiger partial charge on any atom is -0.497 e. The Morgan fingerprint density at radius 1 is 1.12 bits per heavy atom. The third kappa shape index (κ3) is 2.78. The van der Waals surface area contributed by atoms with Crippen molar-refractivity contribution < 1.29 is 14.4 Å². The first-order valence-electron chi connectivity index (χ1n) is 7.50. The lowest BCUT2D eigenvalue weighted by Gasteiger charge is -2.07. The molecule has 0 spiro atoms. The summed E-state index contributed by atoms with van der Waals surface area (Å²) in [6.07, 6.45) is 0. The van der Waals surface area contributed by atoms with Crippen molar-refractivity contribution in [2.24, 2.45) is 7.05 Å². The highest BCUT2D eigenvalue weighted by Crippen LogP contribution is 2.29. The summed E-state index contributed by atoms with van der Waals surface area (Å²) in [6.45, 7) is 2.43. The molecule has 6 nitrogen and oxygen atoms in total. The van der Waals surface area contributed by atoms with E-state index in [0.717, 1.165) is 27.9 Å². The van der Waals surface area contributed by atoms with E-state index in [9.17, 15) is 10.1 Å². The maximum Gasteiger partial charge on any atom is 0.269 e. The minimum atomic E-state index is -0.426. The second kappa shape index (κ2) is 6.23. The Balaban J connectivity index is 1.89. The summed E-state index contributed by atoms with van der Waals surface area (Å²) in [5, 5.41) is 11.8. The van der Waals surface area contributed by atoms with Gasteiger partial charge in [-0.25, -0.2) is 0 Å². The van der Waals surface area contributed by atoms with Crippen molar-refractivity contribution in [2.75, 3.05) is 7.11 Å². The standard InChI is InChI=1S/C18H18N2O4/c1-12-17(11-24-14-6-4-13(5-7-14)20(21)22)16-10-15(23-3)8-9-18(16)19(12)2/h4-10H,11H2,1-3H3. The number of hydrogen-bond donors (Lipinski definition) is 0. The second-order valence-electron chi connectivity index (χ2n) is 5.55. The molecule has 0 amide bonds. The molecule has 1 heterocycles. The fourth-order valence-corrected chi connectivity index (χ4v) is 2.76. The maximum absolute atomic E-state index is 10.7. The first-order chi connectivity index (χ1) is 11.5. The van der Waals surface area contributed by atoms with Gasteiger partial charge in [0.15, 0.2) is 0 Å². The lowest BCUT2D eigenvalue weighted by Crippen LogP contribution is -1.98. The quantitative estimate of drug-likeness (QED) is 0.525. The van der Waals surface area contributed by atoms with Gasteiger partial charge in [-0.2, -0.15) is 0 Å². The summed E-state index contributed by atoms with van der Waals surface area (Å²) in [5.74, 6) is 1.39. The van der Waals surface area contributed by atoms with Crippen molar-refractivity contribution in [2.45, 2.75) is 13.5 Å². The van der Waals surface area contributed by atoms with Crippen LogP contribution in [-0.4, -0.2) is 16.6 Å². The largest absolute Gasteiger partial charge is 0.497 e. The summed E-state index contributed by atoms with van der Waals surface area (Å²) in [5.41, 5.74) is 3.34. The highest BCUT2D eigenvalue weighted by Gasteiger charge is 2.14. The smallest absolute Gasteiger partial charge is 0.269 e. The monoisotopic (exact) mass is 326 g/mol. The van der Waals surface area contributed by atoms with Crippen LogP contribution in [0.1, 0.15) is 11.3 Å². The number of nitro groups is 1. The molecule has 124 valence electrons. The molecule has 2 aromatic carbocycles. The molecule has 1 aromatic heterocycles. The molecule has 3 rings (SSSR count). The molecular weight excluding hydrogens is 308 g/mol. The van der Waals surface area contributed by atoms with Gasteiger partial charge in [0.2, 0.25) is 0 Å². The van der Waals surface area contributed by atoms with Gasteiger partial charge >= 0.3 is 0 Å². The van der Waals surface area contributed by atoms with Crippen LogP contribution in [0, 0.1) is 17.0 Å². The van der Waals surface area contributed by atoms with Crippen LogP contribution in [0.2, 0.25) is 0 Å². The highest BCUT2D eigenvalue weighted by atomic mass is 16.6. The second-order valence-corrected chi connectivity index (χ2v) is 5.55. The molecule has 24 heavy (non-hydrogen) atoms. The van der Waals surface area contributed by atoms with Crippen molar-refractivity contribution in [1.29, 1.82) is 0 Å². The molecule has 0 unspecified atom stereocenters. The molecule has 6 heteroatoms. The van der Waals surface area contributed by atoms with Crippen LogP contribution in [0.15, 0.2) is 42.5 Å². The fraction of sp³-hybridized carbons (Fsp3) is 0.222. The Bertz CT molecular complexity index is 898. The van der Waals surface area contributed by atoms with E-state index < -0.39 is 4.92 Å². The Hall–Kier alpha value is -3.02. The molecule has 0 saturated carbocycles. The molecule has 0 fully saturated rings. The number of non-ortho nitro benzene ring substituents is 1. The average molecular weight is 326 g/mol. The molecule has 0 N–H and O–H groups in total. The van der Waals surface area contributed by atoms with Gasteiger partial charge < -0.3 is 14.0 Å². The summed E-state index contributed by atoms with van der Waals surface area (Å²) < 4.78 is 13.3. The Kier molecular flexibility index (Phi) is 4.12. The van der Waals surface area contributed by atoms with Gasteiger partial charge in [-0.05, 0) is 37.3 Å². The van der Waals surface area contributed by atoms with E-state index >= 15 is 0 Å². The van der Waals surface area contributed by atoms with E-state index in [2.05, 4.69) is 4.57 Å². The summed E-state index contributed by atoms with van der Waals surface area (Å²) in [6, 6.07) is 12.1. The number of ether oxygens (including phenoxy) is 2. The minimum absolute atomic E-state index is 0.0495. The Morgan fingerprint density at radius 3 is 2.42 bits per heavy atom. The average Bonchev–Trinajstić information content (AvgIpc) is 2.84. The third-order valence-electron chi connectivity index (χ3n) is 4.26. The van der Waals surface area contributed by atoms with Crippen molar-refractivity contribution in [3.05, 3.63) is 63.8 Å². The van der Waals surface area contributed by atoms with E-state index in [4.69, 9.17) is 9.47 Å². The lowest BCUT2D eigenvalue weighted by molar-refractivity contribution is -0.384. The summed E-state index contributed by atoms with van der Waals surface area (Å²) in [4.78, 5) is 10.3. The van der Waals surface area contributed by atoms with E-state index in [0.29, 0.717) is 12.4 Å². The van der Waals surface area contributed by atoms with Crippen molar-refractivity contribution in [3.8, 4) is 11.5 Å². The van der Waals surface area contributed by atoms with Crippen molar-refractivity contribution in [1.82, 2.24) is 4.57 Å². The van der Waals surface area contributed by atoms with Crippen LogP contribution in [0.4, 0.5) is 5.69 Å². The van der Waals surface area contributed by atoms with Crippen LogP contribution >= 0.6 is 0 Å². The van der Waals surface area contributed by atoms with Crippen LogP contribution in [0.3, 0.4) is 0 Å². The number of methoxy groups -OCH3 is 1. The van der Waals surface area contributed by atoms with E-state index in [1.165, 1.54) is 12.1 Å². The number of hydrogen-bond acceptors (Lipinski definition) is 4. The van der Waals surface area contributed by atoms with Crippen LogP contribution in [0.5, 0.6) is 11.5 Å². The predicted octanol–water partition coefficient (Wildman–Crippen LogP) is 3.98. The number of aromatic nitrogens is 1. The molecule has 0 atom stereocenters. The zero-order chi connectivity index (χ0) is 17.3. The molecule has 0 aliphatic carbocycles. The number of rotatable bonds is 5. The van der Waals surface area contributed by atoms with Gasteiger partial charge in [0.25, 0.3) is 5.69 Å². The van der Waals surface area contributed by atoms with Gasteiger partial charge in [0.05, 0.1) is 12.0 Å². The van der Waals surface area contributed by atoms with E-state index in [-0.39, 0.29) is 5.69 Å². The van der Waals surface area contributed by atoms with E-state index in [1.54, 1.807) is 19.2 Å². The zero-order valence-electron chi connectivity index (χ0n) is 13.8. The molecule has 0 saturated heterocycles. The summed E-state index contributed by atoms with van der Waals surface area (Å²) >= 11 is 0. The first-order valence-corrected chi connectivity index (χ1v) is 7.50. The van der Waals surface area contributed by atoms with Gasteiger partial charge in [0, 0.05) is 41.3 Å². The van der Waals surface area contributed by atoms with Gasteiger partial charge in [-0.15, -0.1) is 0 Å². The van der Waals surface area contributed by atoms with Crippen LogP contribution in [0.25, 0.3) is 10.9 Å². The number of aryl methyl sites for hydroxylation is 1. The zero-order valence-corrected chi connectivity index (χ0v) is 13.8. The number of nitro benzene ring substituents is 1. The lowest BCUT2D eigenvalue weighted by atomic mass is 10.1. The van der Waals surface area contributed by atoms with Crippen LogP contribution in [-0.2, 0) is 13.7 Å². The summed E-state index contributed by atoms with van der Waals surface area (Å²) in [7, 11) is 3.66. The first kappa shape index (κ1) is 15.9. The maximum atomic E-state index is 10.7. The van der Waals surface area contributed by atoms with Gasteiger partial charge in [-0.3, -0.25) is 10.1 Å². The fourth-order valence-electron chi connectivity index (χ4n) is 2.76. The van der Waals surface area contributed by atoms with Crippen molar-refractivity contribution in [3.63, 3.8) is 0 Å². The van der Waals surface area contributed by atoms with Gasteiger partial charge in [-0.1, -0.05) is 0 Å². The molecule has 3 aromatic rings. The molecule has 0 bridgehead atoms. The molecule has 0 aliphatic heterocycles. The topological polar surface area (TPSA) is 66.5 Å². The van der Waals surface area contributed by atoms with Crippen molar-refractivity contribution >= 4 is 16.6 Å². The normalized spacial score (nSPS) is 10.8. The van der Waals surface area contributed by atoms with E-state index in [1.807, 2.05) is 32.2 Å². The molecule has 0 radical (unpaired) electrons. The number of fused-ring (bicyclic) bond motifs is 1. The van der Waals surface area contributed by atoms with Gasteiger partial charge in [0.1, 0.15) is 18.1 Å². The SMILES string of the molecule is COc1ccc2c(c1)c(COc1ccc([N+](=O)[O-])cc1)c(C)n2C. The number of benzene rings is 2. The third-order valence-corrected chi connectivity index (χ3v) is 4.26. The Labute approximate surface area is 139 Å². The number of nitrogens with zero attached hydrogens (tertiary/aromatic N) is 2. The highest BCUT2D eigenvalue weighted by molar-refractivity contribution is 5.86. The molecular formula is C18H18N2O4. The Morgan fingerprint density at radius 2 is 1.79 bits per heavy atom. The predicted molar refractivity (Wildman–Crippen MR) is 91.6 cm³/mol.